The lowest BCUT2D eigenvalue weighted by Gasteiger charge is -2.39. The Balaban J connectivity index is 1.71. The highest BCUT2D eigenvalue weighted by molar-refractivity contribution is 7.99. The van der Waals surface area contributed by atoms with Gasteiger partial charge in [-0.15, -0.1) is 0 Å². The van der Waals surface area contributed by atoms with Crippen LogP contribution >= 0.6 is 11.8 Å². The molecule has 0 amide bonds. The Kier molecular flexibility index (Phi) is 4.88. The molecule has 0 aromatic heterocycles. The molecule has 2 rings (SSSR count). The quantitative estimate of drug-likeness (QED) is 0.701. The molecule has 98 valence electrons. The molecule has 2 fully saturated rings. The maximum absolute atomic E-state index is 11.9. The Bertz CT molecular complexity index is 254. The van der Waals surface area contributed by atoms with E-state index < -0.39 is 0 Å². The van der Waals surface area contributed by atoms with Crippen LogP contribution in [0.15, 0.2) is 0 Å². The van der Waals surface area contributed by atoms with Gasteiger partial charge in [0, 0.05) is 49.6 Å². The van der Waals surface area contributed by atoms with E-state index in [1.54, 1.807) is 0 Å². The third-order valence-corrected chi connectivity index (χ3v) is 4.75. The molecular formula is C13H23NO2S. The van der Waals surface area contributed by atoms with Gasteiger partial charge in [-0.2, -0.15) is 11.8 Å². The molecule has 0 radical (unpaired) electrons. The van der Waals surface area contributed by atoms with Crippen molar-refractivity contribution in [3.8, 4) is 0 Å². The van der Waals surface area contributed by atoms with Crippen molar-refractivity contribution < 1.29 is 9.53 Å². The minimum Gasteiger partial charge on any atom is -0.379 e. The van der Waals surface area contributed by atoms with Gasteiger partial charge in [0.25, 0.3) is 0 Å². The molecule has 2 saturated heterocycles. The van der Waals surface area contributed by atoms with E-state index in [-0.39, 0.29) is 0 Å². The van der Waals surface area contributed by atoms with Gasteiger partial charge in [-0.3, -0.25) is 4.79 Å². The fourth-order valence-electron chi connectivity index (χ4n) is 2.62. The first kappa shape index (κ1) is 13.4. The van der Waals surface area contributed by atoms with Gasteiger partial charge in [0.2, 0.25) is 0 Å². The number of ketones is 1. The molecule has 0 N–H and O–H groups in total. The van der Waals surface area contributed by atoms with E-state index in [0.29, 0.717) is 23.7 Å². The summed E-state index contributed by atoms with van der Waals surface area (Å²) in [6.07, 6.45) is 1.41. The number of Topliss-reactive ketones (excluding diaryl/α,β-unsaturated/α-hetero) is 1. The summed E-state index contributed by atoms with van der Waals surface area (Å²) in [4.78, 5) is 14.4. The number of fused-ring (bicyclic) bond motifs is 2. The number of likely N-dealkylation sites (tertiary alicyclic amines) is 1. The first-order valence-electron chi connectivity index (χ1n) is 6.62. The number of rotatable bonds is 5. The average molecular weight is 257 g/mol. The van der Waals surface area contributed by atoms with Crippen LogP contribution in [0.4, 0.5) is 0 Å². The standard InChI is InChI=1S/C13H23NO2S/c1-10(2)16-5-3-4-14-6-11-8-17-9-12(7-14)13(11)15/h10-12H,3-9H2,1-2H3. The van der Waals surface area contributed by atoms with E-state index >= 15 is 0 Å². The van der Waals surface area contributed by atoms with Crippen molar-refractivity contribution >= 4 is 17.5 Å². The van der Waals surface area contributed by atoms with Crippen molar-refractivity contribution in [3.63, 3.8) is 0 Å². The number of piperidine rings is 1. The number of hydrogen-bond donors (Lipinski definition) is 0. The number of carbonyl (C=O) groups is 1. The molecule has 0 aromatic carbocycles. The Morgan fingerprint density at radius 1 is 1.35 bits per heavy atom. The van der Waals surface area contributed by atoms with Crippen LogP contribution in [0.5, 0.6) is 0 Å². The highest BCUT2D eigenvalue weighted by atomic mass is 32.2. The lowest BCUT2D eigenvalue weighted by Crippen LogP contribution is -2.51. The summed E-state index contributed by atoms with van der Waals surface area (Å²) in [6.45, 7) is 8.01. The second kappa shape index (κ2) is 6.21. The molecule has 2 unspecified atom stereocenters. The van der Waals surface area contributed by atoms with E-state index in [2.05, 4.69) is 18.7 Å². The maximum Gasteiger partial charge on any atom is 0.143 e. The topological polar surface area (TPSA) is 29.5 Å². The molecule has 0 aromatic rings. The smallest absolute Gasteiger partial charge is 0.143 e. The fourth-order valence-corrected chi connectivity index (χ4v) is 3.87. The summed E-state index contributed by atoms with van der Waals surface area (Å²) in [6, 6.07) is 0. The molecule has 0 spiro atoms. The minimum atomic E-state index is 0.304. The van der Waals surface area contributed by atoms with E-state index in [1.807, 2.05) is 11.8 Å². The molecule has 2 atom stereocenters. The van der Waals surface area contributed by atoms with Gasteiger partial charge in [0.15, 0.2) is 0 Å². The zero-order valence-electron chi connectivity index (χ0n) is 10.9. The lowest BCUT2D eigenvalue weighted by molar-refractivity contribution is -0.130. The molecule has 2 aliphatic heterocycles. The third-order valence-electron chi connectivity index (χ3n) is 3.47. The highest BCUT2D eigenvalue weighted by Crippen LogP contribution is 2.30. The van der Waals surface area contributed by atoms with Crippen LogP contribution in [0.3, 0.4) is 0 Å². The summed E-state index contributed by atoms with van der Waals surface area (Å²) < 4.78 is 5.55. The predicted molar refractivity (Wildman–Crippen MR) is 71.5 cm³/mol. The SMILES string of the molecule is CC(C)OCCCN1CC2CSCC(C1)C2=O. The van der Waals surface area contributed by atoms with E-state index in [9.17, 15) is 4.79 Å². The van der Waals surface area contributed by atoms with Gasteiger partial charge in [-0.1, -0.05) is 0 Å². The van der Waals surface area contributed by atoms with Gasteiger partial charge in [-0.25, -0.2) is 0 Å². The Morgan fingerprint density at radius 3 is 2.59 bits per heavy atom. The highest BCUT2D eigenvalue weighted by Gasteiger charge is 2.37. The molecular weight excluding hydrogens is 234 g/mol. The number of thioether (sulfide) groups is 1. The maximum atomic E-state index is 11.9. The van der Waals surface area contributed by atoms with E-state index in [4.69, 9.17) is 4.74 Å². The van der Waals surface area contributed by atoms with Gasteiger partial charge in [-0.05, 0) is 20.3 Å². The second-order valence-corrected chi connectivity index (χ2v) is 6.44. The number of carbonyl (C=O) groups excluding carboxylic acids is 1. The summed E-state index contributed by atoms with van der Waals surface area (Å²) in [7, 11) is 0. The molecule has 0 saturated carbocycles. The first-order valence-corrected chi connectivity index (χ1v) is 7.77. The van der Waals surface area contributed by atoms with Gasteiger partial charge in [0.05, 0.1) is 6.10 Å². The van der Waals surface area contributed by atoms with Crippen molar-refractivity contribution in [2.45, 2.75) is 26.4 Å². The number of ether oxygens (including phenoxy) is 1. The second-order valence-electron chi connectivity index (χ2n) is 5.37. The third kappa shape index (κ3) is 3.70. The van der Waals surface area contributed by atoms with E-state index in [1.165, 1.54) is 0 Å². The van der Waals surface area contributed by atoms with Crippen molar-refractivity contribution in [2.75, 3.05) is 37.7 Å². The zero-order valence-corrected chi connectivity index (χ0v) is 11.7. The Morgan fingerprint density at radius 2 is 2.00 bits per heavy atom. The fraction of sp³-hybridized carbons (Fsp3) is 0.923. The van der Waals surface area contributed by atoms with Gasteiger partial charge in [0.1, 0.15) is 5.78 Å². The molecule has 4 heteroatoms. The largest absolute Gasteiger partial charge is 0.379 e. The van der Waals surface area contributed by atoms with Crippen LogP contribution in [0, 0.1) is 11.8 Å². The minimum absolute atomic E-state index is 0.304. The van der Waals surface area contributed by atoms with Crippen LogP contribution in [0.1, 0.15) is 20.3 Å². The van der Waals surface area contributed by atoms with Crippen molar-refractivity contribution in [3.05, 3.63) is 0 Å². The van der Waals surface area contributed by atoms with Crippen molar-refractivity contribution in [1.82, 2.24) is 4.90 Å². The summed E-state index contributed by atoms with van der Waals surface area (Å²) in [5, 5.41) is 0. The molecule has 2 bridgehead atoms. The number of nitrogens with zero attached hydrogens (tertiary/aromatic N) is 1. The Labute approximate surface area is 108 Å². The lowest BCUT2D eigenvalue weighted by atomic mass is 9.89. The molecule has 2 aliphatic rings. The van der Waals surface area contributed by atoms with E-state index in [0.717, 1.165) is 44.2 Å². The predicted octanol–water partition coefficient (Wildman–Crippen LogP) is 1.67. The normalized spacial score (nSPS) is 29.9. The van der Waals surface area contributed by atoms with Crippen LogP contribution in [-0.4, -0.2) is 54.5 Å². The Hall–Kier alpha value is -0.0600. The van der Waals surface area contributed by atoms with Gasteiger partial charge < -0.3 is 9.64 Å². The summed E-state index contributed by atoms with van der Waals surface area (Å²) in [5.74, 6) is 3.21. The monoisotopic (exact) mass is 257 g/mol. The molecule has 3 nitrogen and oxygen atoms in total. The van der Waals surface area contributed by atoms with Crippen LogP contribution in [-0.2, 0) is 9.53 Å². The summed E-state index contributed by atoms with van der Waals surface area (Å²) in [5.41, 5.74) is 0. The van der Waals surface area contributed by atoms with Crippen molar-refractivity contribution in [1.29, 1.82) is 0 Å². The average Bonchev–Trinajstić information content (AvgIpc) is 2.25. The molecule has 17 heavy (non-hydrogen) atoms. The zero-order chi connectivity index (χ0) is 12.3. The summed E-state index contributed by atoms with van der Waals surface area (Å²) >= 11 is 1.95. The van der Waals surface area contributed by atoms with Crippen molar-refractivity contribution in [2.24, 2.45) is 11.8 Å². The van der Waals surface area contributed by atoms with Crippen LogP contribution in [0.2, 0.25) is 0 Å². The first-order chi connectivity index (χ1) is 8.16. The van der Waals surface area contributed by atoms with Crippen LogP contribution in [0.25, 0.3) is 0 Å². The molecule has 2 heterocycles. The van der Waals surface area contributed by atoms with Gasteiger partial charge >= 0.3 is 0 Å². The number of hydrogen-bond acceptors (Lipinski definition) is 4. The molecule has 0 aliphatic carbocycles. The van der Waals surface area contributed by atoms with Crippen LogP contribution < -0.4 is 0 Å².